The number of pyridine rings is 1. The maximum absolute atomic E-state index is 4.40. The van der Waals surface area contributed by atoms with Crippen LogP contribution in [0.15, 0.2) is 30.5 Å². The maximum Gasteiger partial charge on any atom is 0.0658 e. The van der Waals surface area contributed by atoms with E-state index in [0.29, 0.717) is 5.41 Å². The van der Waals surface area contributed by atoms with Gasteiger partial charge in [0.1, 0.15) is 0 Å². The highest BCUT2D eigenvalue weighted by molar-refractivity contribution is 5.63. The van der Waals surface area contributed by atoms with Gasteiger partial charge in [-0.15, -0.1) is 0 Å². The second kappa shape index (κ2) is 3.56. The Kier molecular flexibility index (Phi) is 2.40. The Hall–Kier alpha value is -1.11. The summed E-state index contributed by atoms with van der Waals surface area (Å²) in [5.41, 5.74) is 3.02. The zero-order valence-electron chi connectivity index (χ0n) is 8.96. The van der Waals surface area contributed by atoms with Crippen molar-refractivity contribution in [3.05, 3.63) is 36.2 Å². The van der Waals surface area contributed by atoms with Crippen LogP contribution in [0, 0.1) is 5.41 Å². The molecular weight excluding hydrogens is 170 g/mol. The number of aromatic nitrogens is 1. The van der Waals surface area contributed by atoms with Gasteiger partial charge in [-0.3, -0.25) is 4.98 Å². The predicted molar refractivity (Wildman–Crippen MR) is 59.8 cm³/mol. The first kappa shape index (κ1) is 9.45. The largest absolute Gasteiger partial charge is 0.257 e. The summed E-state index contributed by atoms with van der Waals surface area (Å²) in [6, 6.07) is 6.13. The van der Waals surface area contributed by atoms with Crippen molar-refractivity contribution >= 4 is 5.57 Å². The van der Waals surface area contributed by atoms with Crippen molar-refractivity contribution in [2.75, 3.05) is 0 Å². The molecule has 1 heterocycles. The van der Waals surface area contributed by atoms with Crippen LogP contribution in [0.4, 0.5) is 0 Å². The van der Waals surface area contributed by atoms with Crippen LogP contribution in [0.3, 0.4) is 0 Å². The van der Waals surface area contributed by atoms with Gasteiger partial charge >= 0.3 is 0 Å². The van der Waals surface area contributed by atoms with Crippen LogP contribution in [-0.2, 0) is 0 Å². The highest BCUT2D eigenvalue weighted by atomic mass is 14.7. The van der Waals surface area contributed by atoms with Gasteiger partial charge in [0, 0.05) is 6.20 Å². The summed E-state index contributed by atoms with van der Waals surface area (Å²) >= 11 is 0. The minimum absolute atomic E-state index is 0.446. The molecule has 1 aromatic heterocycles. The first-order chi connectivity index (χ1) is 6.67. The molecule has 0 radical (unpaired) electrons. The third-order valence-corrected chi connectivity index (χ3v) is 2.87. The highest BCUT2D eigenvalue weighted by Crippen LogP contribution is 2.38. The van der Waals surface area contributed by atoms with E-state index < -0.39 is 0 Å². The average molecular weight is 187 g/mol. The lowest BCUT2D eigenvalue weighted by Gasteiger charge is -2.29. The topological polar surface area (TPSA) is 12.9 Å². The monoisotopic (exact) mass is 187 g/mol. The zero-order chi connectivity index (χ0) is 10.0. The van der Waals surface area contributed by atoms with E-state index in [1.807, 2.05) is 12.3 Å². The lowest BCUT2D eigenvalue weighted by Crippen LogP contribution is -2.15. The third-order valence-electron chi connectivity index (χ3n) is 2.87. The maximum atomic E-state index is 4.40. The van der Waals surface area contributed by atoms with Crippen LogP contribution in [0.2, 0.25) is 0 Å². The average Bonchev–Trinajstić information content (AvgIpc) is 2.18. The summed E-state index contributed by atoms with van der Waals surface area (Å²) in [4.78, 5) is 4.40. The van der Waals surface area contributed by atoms with Crippen molar-refractivity contribution in [2.45, 2.75) is 33.1 Å². The molecule has 0 aromatic carbocycles. The van der Waals surface area contributed by atoms with Crippen molar-refractivity contribution in [1.29, 1.82) is 0 Å². The molecule has 1 nitrogen and oxygen atoms in total. The molecule has 0 spiro atoms. The molecule has 0 unspecified atom stereocenters. The second-order valence-corrected chi connectivity index (χ2v) is 4.82. The molecule has 1 aliphatic rings. The van der Waals surface area contributed by atoms with Crippen molar-refractivity contribution in [2.24, 2.45) is 5.41 Å². The van der Waals surface area contributed by atoms with Gasteiger partial charge in [-0.2, -0.15) is 0 Å². The molecule has 74 valence electrons. The number of rotatable bonds is 1. The van der Waals surface area contributed by atoms with Crippen LogP contribution in [-0.4, -0.2) is 4.98 Å². The van der Waals surface area contributed by atoms with Gasteiger partial charge in [-0.05, 0) is 42.4 Å². The summed E-state index contributed by atoms with van der Waals surface area (Å²) in [6.45, 7) is 4.67. The van der Waals surface area contributed by atoms with E-state index in [9.17, 15) is 0 Å². The summed E-state index contributed by atoms with van der Waals surface area (Å²) in [7, 11) is 0. The lowest BCUT2D eigenvalue weighted by molar-refractivity contribution is 0.337. The van der Waals surface area contributed by atoms with E-state index in [4.69, 9.17) is 0 Å². The molecule has 14 heavy (non-hydrogen) atoms. The fourth-order valence-electron chi connectivity index (χ4n) is 2.06. The fraction of sp³-hybridized carbons (Fsp3) is 0.462. The standard InChI is InChI=1S/C13H17N/c1-13(2)8-5-6-11(10-13)12-7-3-4-9-14-12/h3-4,6-7,9H,5,8,10H2,1-2H3. The molecule has 1 aromatic rings. The Labute approximate surface area is 85.9 Å². The molecule has 0 N–H and O–H groups in total. The number of hydrogen-bond acceptors (Lipinski definition) is 1. The van der Waals surface area contributed by atoms with Gasteiger partial charge in [0.15, 0.2) is 0 Å². The van der Waals surface area contributed by atoms with E-state index in [-0.39, 0.29) is 0 Å². The predicted octanol–water partition coefficient (Wildman–Crippen LogP) is 3.68. The van der Waals surface area contributed by atoms with Gasteiger partial charge in [0.2, 0.25) is 0 Å². The number of allylic oxidation sites excluding steroid dienone is 2. The van der Waals surface area contributed by atoms with Gasteiger partial charge in [0.25, 0.3) is 0 Å². The Morgan fingerprint density at radius 3 is 2.79 bits per heavy atom. The minimum Gasteiger partial charge on any atom is -0.257 e. The SMILES string of the molecule is CC1(C)CCC=C(c2ccccn2)C1. The molecule has 0 saturated heterocycles. The van der Waals surface area contributed by atoms with Crippen LogP contribution in [0.25, 0.3) is 5.57 Å². The Bertz CT molecular complexity index is 336. The Morgan fingerprint density at radius 2 is 2.14 bits per heavy atom. The lowest BCUT2D eigenvalue weighted by atomic mass is 9.76. The van der Waals surface area contributed by atoms with E-state index in [1.54, 1.807) is 0 Å². The van der Waals surface area contributed by atoms with Crippen LogP contribution in [0.1, 0.15) is 38.8 Å². The fourth-order valence-corrected chi connectivity index (χ4v) is 2.06. The first-order valence-electron chi connectivity index (χ1n) is 5.28. The zero-order valence-corrected chi connectivity index (χ0v) is 8.96. The van der Waals surface area contributed by atoms with Crippen LogP contribution in [0.5, 0.6) is 0 Å². The minimum atomic E-state index is 0.446. The molecule has 0 atom stereocenters. The molecule has 0 saturated carbocycles. The highest BCUT2D eigenvalue weighted by Gasteiger charge is 2.23. The molecule has 0 bridgehead atoms. The smallest absolute Gasteiger partial charge is 0.0658 e. The molecule has 1 aliphatic carbocycles. The van der Waals surface area contributed by atoms with E-state index in [2.05, 4.69) is 37.0 Å². The summed E-state index contributed by atoms with van der Waals surface area (Å²) in [5.74, 6) is 0. The summed E-state index contributed by atoms with van der Waals surface area (Å²) in [5, 5.41) is 0. The normalized spacial score (nSPS) is 20.3. The van der Waals surface area contributed by atoms with Gasteiger partial charge < -0.3 is 0 Å². The van der Waals surface area contributed by atoms with E-state index in [1.165, 1.54) is 18.4 Å². The van der Waals surface area contributed by atoms with E-state index in [0.717, 1.165) is 12.1 Å². The van der Waals surface area contributed by atoms with Crippen LogP contribution < -0.4 is 0 Å². The Balaban J connectivity index is 2.24. The molecule has 0 amide bonds. The first-order valence-corrected chi connectivity index (χ1v) is 5.28. The number of nitrogens with zero attached hydrogens (tertiary/aromatic N) is 1. The van der Waals surface area contributed by atoms with Gasteiger partial charge in [0.05, 0.1) is 5.69 Å². The van der Waals surface area contributed by atoms with Crippen molar-refractivity contribution in [1.82, 2.24) is 4.98 Å². The van der Waals surface area contributed by atoms with Crippen molar-refractivity contribution in [3.8, 4) is 0 Å². The second-order valence-electron chi connectivity index (χ2n) is 4.82. The van der Waals surface area contributed by atoms with Gasteiger partial charge in [-0.1, -0.05) is 26.0 Å². The molecule has 1 heteroatoms. The van der Waals surface area contributed by atoms with Gasteiger partial charge in [-0.25, -0.2) is 0 Å². The molecule has 0 fully saturated rings. The Morgan fingerprint density at radius 1 is 1.29 bits per heavy atom. The molecule has 2 rings (SSSR count). The third kappa shape index (κ3) is 2.03. The molecular formula is C13H17N. The van der Waals surface area contributed by atoms with E-state index >= 15 is 0 Å². The van der Waals surface area contributed by atoms with Crippen LogP contribution >= 0.6 is 0 Å². The molecule has 0 aliphatic heterocycles. The van der Waals surface area contributed by atoms with Crippen molar-refractivity contribution in [3.63, 3.8) is 0 Å². The quantitative estimate of drug-likeness (QED) is 0.653. The van der Waals surface area contributed by atoms with Crippen molar-refractivity contribution < 1.29 is 0 Å². The summed E-state index contributed by atoms with van der Waals surface area (Å²) < 4.78 is 0. The number of hydrogen-bond donors (Lipinski definition) is 0. The summed E-state index contributed by atoms with van der Waals surface area (Å²) in [6.07, 6.45) is 7.86.